The van der Waals surface area contributed by atoms with Gasteiger partial charge in [0.25, 0.3) is 0 Å². The molecule has 0 amide bonds. The molecule has 3 nitrogen and oxygen atoms in total. The van der Waals surface area contributed by atoms with E-state index in [2.05, 4.69) is 51.2 Å². The molecule has 0 saturated carbocycles. The third-order valence-electron chi connectivity index (χ3n) is 2.41. The first-order valence-corrected chi connectivity index (χ1v) is 5.96. The molecule has 0 saturated heterocycles. The van der Waals surface area contributed by atoms with Gasteiger partial charge in [-0.25, -0.2) is 9.97 Å². The van der Waals surface area contributed by atoms with Gasteiger partial charge in [-0.1, -0.05) is 6.92 Å². The van der Waals surface area contributed by atoms with E-state index in [1.165, 1.54) is 0 Å². The summed E-state index contributed by atoms with van der Waals surface area (Å²) in [6.45, 7) is 6.43. The van der Waals surface area contributed by atoms with Crippen LogP contribution in [0.4, 0.5) is 0 Å². The van der Waals surface area contributed by atoms with Crippen LogP contribution in [0.25, 0.3) is 11.2 Å². The van der Waals surface area contributed by atoms with Crippen LogP contribution in [0.1, 0.15) is 32.6 Å². The minimum Gasteiger partial charge on any atom is -0.310 e. The highest BCUT2D eigenvalue weighted by Crippen LogP contribution is 2.21. The van der Waals surface area contributed by atoms with Crippen molar-refractivity contribution in [2.24, 2.45) is 0 Å². The van der Waals surface area contributed by atoms with E-state index in [4.69, 9.17) is 0 Å². The number of rotatable bonds is 2. The first kappa shape index (κ1) is 10.6. The number of hydrogen-bond acceptors (Lipinski definition) is 2. The van der Waals surface area contributed by atoms with Crippen molar-refractivity contribution >= 4 is 27.1 Å². The predicted molar refractivity (Wildman–Crippen MR) is 65.0 cm³/mol. The molecular weight excluding hydrogens is 254 g/mol. The van der Waals surface area contributed by atoms with Gasteiger partial charge in [0.05, 0.1) is 0 Å². The van der Waals surface area contributed by atoms with Gasteiger partial charge >= 0.3 is 0 Å². The van der Waals surface area contributed by atoms with Crippen molar-refractivity contribution in [2.75, 3.05) is 0 Å². The summed E-state index contributed by atoms with van der Waals surface area (Å²) in [4.78, 5) is 9.06. The highest BCUT2D eigenvalue weighted by Gasteiger charge is 2.12. The van der Waals surface area contributed by atoms with Crippen molar-refractivity contribution in [3.63, 3.8) is 0 Å². The van der Waals surface area contributed by atoms with Crippen LogP contribution < -0.4 is 0 Å². The minimum atomic E-state index is 0.395. The molecule has 0 aromatic carbocycles. The van der Waals surface area contributed by atoms with Crippen LogP contribution in [0.3, 0.4) is 0 Å². The summed E-state index contributed by atoms with van der Waals surface area (Å²) in [5.41, 5.74) is 1.94. The maximum Gasteiger partial charge on any atom is 0.161 e. The maximum atomic E-state index is 4.57. The zero-order chi connectivity index (χ0) is 11.0. The molecule has 0 radical (unpaired) electrons. The fraction of sp³-hybridized carbons (Fsp3) is 0.455. The number of fused-ring (bicyclic) bond motifs is 1. The molecular formula is C11H14BrN3. The van der Waals surface area contributed by atoms with E-state index < -0.39 is 0 Å². The number of pyridine rings is 1. The number of aromatic nitrogens is 3. The molecule has 0 aliphatic carbocycles. The molecule has 4 heteroatoms. The summed E-state index contributed by atoms with van der Waals surface area (Å²) in [7, 11) is 0. The number of imidazole rings is 1. The highest BCUT2D eigenvalue weighted by molar-refractivity contribution is 9.10. The van der Waals surface area contributed by atoms with Gasteiger partial charge in [-0.2, -0.15) is 0 Å². The fourth-order valence-corrected chi connectivity index (χ4v) is 2.09. The molecule has 0 spiro atoms. The molecule has 80 valence electrons. The SMILES string of the molecule is CCc1nc2ccc(Br)nc2n1C(C)C. The molecule has 2 aromatic heterocycles. The summed E-state index contributed by atoms with van der Waals surface area (Å²) in [6, 6.07) is 4.33. The third kappa shape index (κ3) is 1.78. The van der Waals surface area contributed by atoms with Gasteiger partial charge < -0.3 is 4.57 Å². The summed E-state index contributed by atoms with van der Waals surface area (Å²) in [5.74, 6) is 1.10. The third-order valence-corrected chi connectivity index (χ3v) is 2.85. The Balaban J connectivity index is 2.76. The number of halogens is 1. The molecule has 15 heavy (non-hydrogen) atoms. The van der Waals surface area contributed by atoms with Crippen molar-refractivity contribution < 1.29 is 0 Å². The average molecular weight is 268 g/mol. The molecule has 0 fully saturated rings. The Hall–Kier alpha value is -0.900. The van der Waals surface area contributed by atoms with Crippen LogP contribution in [-0.4, -0.2) is 14.5 Å². The van der Waals surface area contributed by atoms with Gasteiger partial charge in [0.2, 0.25) is 0 Å². The molecule has 0 aliphatic heterocycles. The standard InChI is InChI=1S/C11H14BrN3/c1-4-10-13-8-5-6-9(12)14-11(8)15(10)7(2)3/h5-7H,4H2,1-3H3. The summed E-state index contributed by atoms with van der Waals surface area (Å²) >= 11 is 3.39. The van der Waals surface area contributed by atoms with Crippen LogP contribution in [0.15, 0.2) is 16.7 Å². The van der Waals surface area contributed by atoms with E-state index in [-0.39, 0.29) is 0 Å². The van der Waals surface area contributed by atoms with Crippen LogP contribution in [-0.2, 0) is 6.42 Å². The van der Waals surface area contributed by atoms with Crippen LogP contribution in [0.2, 0.25) is 0 Å². The lowest BCUT2D eigenvalue weighted by Crippen LogP contribution is -2.06. The Kier molecular flexibility index (Phi) is 2.78. The van der Waals surface area contributed by atoms with Crippen molar-refractivity contribution in [2.45, 2.75) is 33.2 Å². The predicted octanol–water partition coefficient (Wildman–Crippen LogP) is 3.34. The van der Waals surface area contributed by atoms with Crippen LogP contribution in [0.5, 0.6) is 0 Å². The average Bonchev–Trinajstić information content (AvgIpc) is 2.55. The molecule has 0 atom stereocenters. The molecule has 0 bridgehead atoms. The zero-order valence-electron chi connectivity index (χ0n) is 9.16. The van der Waals surface area contributed by atoms with Crippen molar-refractivity contribution in [3.8, 4) is 0 Å². The Morgan fingerprint density at radius 3 is 2.67 bits per heavy atom. The van der Waals surface area contributed by atoms with Crippen molar-refractivity contribution in [1.82, 2.24) is 14.5 Å². The number of nitrogens with zero attached hydrogens (tertiary/aromatic N) is 3. The second-order valence-electron chi connectivity index (χ2n) is 3.82. The van der Waals surface area contributed by atoms with E-state index in [1.807, 2.05) is 12.1 Å². The summed E-state index contributed by atoms with van der Waals surface area (Å²) in [6.07, 6.45) is 0.937. The Morgan fingerprint density at radius 2 is 2.07 bits per heavy atom. The lowest BCUT2D eigenvalue weighted by Gasteiger charge is -2.10. The smallest absolute Gasteiger partial charge is 0.161 e. The Bertz CT molecular complexity index is 488. The molecule has 2 heterocycles. The van der Waals surface area contributed by atoms with Crippen molar-refractivity contribution in [3.05, 3.63) is 22.6 Å². The fourth-order valence-electron chi connectivity index (χ4n) is 1.79. The Morgan fingerprint density at radius 1 is 1.33 bits per heavy atom. The first-order valence-electron chi connectivity index (χ1n) is 5.16. The first-order chi connectivity index (χ1) is 7.13. The largest absolute Gasteiger partial charge is 0.310 e. The van der Waals surface area contributed by atoms with Gasteiger partial charge in [-0.3, -0.25) is 0 Å². The van der Waals surface area contributed by atoms with E-state index in [0.29, 0.717) is 6.04 Å². The monoisotopic (exact) mass is 267 g/mol. The highest BCUT2D eigenvalue weighted by atomic mass is 79.9. The summed E-state index contributed by atoms with van der Waals surface area (Å²) < 4.78 is 3.06. The lowest BCUT2D eigenvalue weighted by molar-refractivity contribution is 0.583. The van der Waals surface area contributed by atoms with Crippen LogP contribution >= 0.6 is 15.9 Å². The molecule has 2 rings (SSSR count). The number of aryl methyl sites for hydroxylation is 1. The van der Waals surface area contributed by atoms with E-state index >= 15 is 0 Å². The molecule has 0 unspecified atom stereocenters. The van der Waals surface area contributed by atoms with Crippen LogP contribution in [0, 0.1) is 0 Å². The molecule has 0 aliphatic rings. The van der Waals surface area contributed by atoms with E-state index in [9.17, 15) is 0 Å². The second kappa shape index (κ2) is 3.93. The van der Waals surface area contributed by atoms with E-state index in [1.54, 1.807) is 0 Å². The zero-order valence-corrected chi connectivity index (χ0v) is 10.7. The second-order valence-corrected chi connectivity index (χ2v) is 4.63. The summed E-state index contributed by atoms with van der Waals surface area (Å²) in [5, 5.41) is 0. The molecule has 0 N–H and O–H groups in total. The van der Waals surface area contributed by atoms with Gasteiger partial charge in [0.15, 0.2) is 5.65 Å². The number of hydrogen-bond donors (Lipinski definition) is 0. The lowest BCUT2D eigenvalue weighted by atomic mass is 10.3. The molecule has 2 aromatic rings. The normalized spacial score (nSPS) is 11.5. The quantitative estimate of drug-likeness (QED) is 0.782. The van der Waals surface area contributed by atoms with Gasteiger partial charge in [0, 0.05) is 12.5 Å². The van der Waals surface area contributed by atoms with Gasteiger partial charge in [-0.15, -0.1) is 0 Å². The van der Waals surface area contributed by atoms with Gasteiger partial charge in [-0.05, 0) is 41.9 Å². The van der Waals surface area contributed by atoms with E-state index in [0.717, 1.165) is 28.0 Å². The Labute approximate surface area is 97.7 Å². The van der Waals surface area contributed by atoms with Gasteiger partial charge in [0.1, 0.15) is 15.9 Å². The van der Waals surface area contributed by atoms with Crippen molar-refractivity contribution in [1.29, 1.82) is 0 Å². The minimum absolute atomic E-state index is 0.395. The maximum absolute atomic E-state index is 4.57. The topological polar surface area (TPSA) is 30.7 Å².